The van der Waals surface area contributed by atoms with E-state index in [4.69, 9.17) is 4.74 Å². The van der Waals surface area contributed by atoms with Gasteiger partial charge in [-0.05, 0) is 36.8 Å². The van der Waals surface area contributed by atoms with E-state index in [-0.39, 0.29) is 12.3 Å². The third-order valence-corrected chi connectivity index (χ3v) is 3.23. The molecule has 0 saturated carbocycles. The molecule has 0 saturated heterocycles. The van der Waals surface area contributed by atoms with Crippen LogP contribution in [0.1, 0.15) is 12.5 Å². The van der Waals surface area contributed by atoms with Crippen LogP contribution in [-0.2, 0) is 9.53 Å². The minimum Gasteiger partial charge on any atom is -0.463 e. The second kappa shape index (κ2) is 8.97. The van der Waals surface area contributed by atoms with E-state index < -0.39 is 16.9 Å². The Kier molecular flexibility index (Phi) is 6.44. The fraction of sp³-hybridized carbons (Fsp3) is 0.111. The quantitative estimate of drug-likeness (QED) is 0.354. The summed E-state index contributed by atoms with van der Waals surface area (Å²) in [6.45, 7) is 1.99. The first kappa shape index (κ1) is 18.7. The lowest BCUT2D eigenvalue weighted by Gasteiger charge is -2.10. The molecule has 0 heterocycles. The summed E-state index contributed by atoms with van der Waals surface area (Å²) in [5, 5.41) is 15.9. The van der Waals surface area contributed by atoms with Crippen LogP contribution in [0.15, 0.2) is 54.6 Å². The van der Waals surface area contributed by atoms with E-state index in [0.717, 1.165) is 0 Å². The Hall–Kier alpha value is -3.68. The largest absolute Gasteiger partial charge is 0.463 e. The number of non-ortho nitro benzene ring substituents is 1. The molecular formula is C18H17N3O5. The summed E-state index contributed by atoms with van der Waals surface area (Å²) in [7, 11) is 0. The number of carbonyl (C=O) groups is 2. The van der Waals surface area contributed by atoms with Crippen molar-refractivity contribution in [2.45, 2.75) is 6.92 Å². The Morgan fingerprint density at radius 2 is 1.81 bits per heavy atom. The maximum atomic E-state index is 12.1. The van der Waals surface area contributed by atoms with Gasteiger partial charge in [-0.2, -0.15) is 0 Å². The Morgan fingerprint density at radius 3 is 2.46 bits per heavy atom. The molecule has 0 radical (unpaired) electrons. The third-order valence-electron chi connectivity index (χ3n) is 3.23. The van der Waals surface area contributed by atoms with Gasteiger partial charge in [0.05, 0.1) is 11.5 Å². The van der Waals surface area contributed by atoms with Crippen LogP contribution in [0, 0.1) is 10.1 Å². The molecule has 0 aliphatic carbocycles. The molecule has 8 heteroatoms. The van der Waals surface area contributed by atoms with E-state index in [1.54, 1.807) is 37.3 Å². The highest BCUT2D eigenvalue weighted by Crippen LogP contribution is 2.19. The van der Waals surface area contributed by atoms with Crippen molar-refractivity contribution in [3.8, 4) is 0 Å². The number of nitrogens with one attached hydrogen (secondary N) is 2. The number of rotatable bonds is 6. The van der Waals surface area contributed by atoms with Crippen molar-refractivity contribution in [3.63, 3.8) is 0 Å². The van der Waals surface area contributed by atoms with Crippen LogP contribution in [0.3, 0.4) is 0 Å². The summed E-state index contributed by atoms with van der Waals surface area (Å²) in [4.78, 5) is 33.6. The fourth-order valence-electron chi connectivity index (χ4n) is 2.06. The molecule has 2 aromatic carbocycles. The Morgan fingerprint density at radius 1 is 1.12 bits per heavy atom. The number of nitro groups is 1. The highest BCUT2D eigenvalue weighted by Gasteiger charge is 2.08. The summed E-state index contributed by atoms with van der Waals surface area (Å²) >= 11 is 0. The third kappa shape index (κ3) is 5.45. The lowest BCUT2D eigenvalue weighted by Crippen LogP contribution is -2.19. The number of carbonyl (C=O) groups excluding carboxylic acids is 2. The second-order valence-electron chi connectivity index (χ2n) is 5.06. The maximum absolute atomic E-state index is 12.1. The first-order valence-electron chi connectivity index (χ1n) is 7.76. The van der Waals surface area contributed by atoms with Crippen molar-refractivity contribution in [3.05, 3.63) is 70.3 Å². The highest BCUT2D eigenvalue weighted by atomic mass is 16.6. The van der Waals surface area contributed by atoms with Gasteiger partial charge in [0.15, 0.2) is 0 Å². The molecule has 2 N–H and O–H groups in total. The number of amides is 2. The molecule has 0 bridgehead atoms. The van der Waals surface area contributed by atoms with E-state index in [1.165, 1.54) is 30.3 Å². The molecule has 0 aromatic heterocycles. The smallest absolute Gasteiger partial charge is 0.330 e. The van der Waals surface area contributed by atoms with Gasteiger partial charge in [0.25, 0.3) is 5.69 Å². The first-order chi connectivity index (χ1) is 12.5. The lowest BCUT2D eigenvalue weighted by molar-refractivity contribution is -0.384. The number of benzene rings is 2. The molecule has 8 nitrogen and oxygen atoms in total. The minimum absolute atomic E-state index is 0.0644. The van der Waals surface area contributed by atoms with Gasteiger partial charge in [0.2, 0.25) is 0 Å². The van der Waals surface area contributed by atoms with Gasteiger partial charge in [-0.3, -0.25) is 10.1 Å². The Labute approximate surface area is 149 Å². The van der Waals surface area contributed by atoms with Crippen molar-refractivity contribution in [2.75, 3.05) is 17.2 Å². The van der Waals surface area contributed by atoms with E-state index >= 15 is 0 Å². The van der Waals surface area contributed by atoms with Crippen molar-refractivity contribution < 1.29 is 19.2 Å². The number of anilines is 2. The van der Waals surface area contributed by atoms with Crippen LogP contribution in [-0.4, -0.2) is 23.5 Å². The van der Waals surface area contributed by atoms with Crippen LogP contribution < -0.4 is 10.6 Å². The van der Waals surface area contributed by atoms with Crippen LogP contribution in [0.25, 0.3) is 6.08 Å². The standard InChI is InChI=1S/C18H17N3O5/c1-2-26-17(22)12-7-13-5-3-4-6-16(13)20-18(23)19-14-8-10-15(11-9-14)21(24)25/h3-12H,2H2,1H3,(H2,19,20,23)/b12-7+. The van der Waals surface area contributed by atoms with E-state index in [9.17, 15) is 19.7 Å². The summed E-state index contributed by atoms with van der Waals surface area (Å²) in [5.41, 5.74) is 1.46. The number of hydrogen-bond donors (Lipinski definition) is 2. The monoisotopic (exact) mass is 355 g/mol. The van der Waals surface area contributed by atoms with E-state index in [2.05, 4.69) is 10.6 Å². The van der Waals surface area contributed by atoms with E-state index in [1.807, 2.05) is 0 Å². The van der Waals surface area contributed by atoms with Gasteiger partial charge in [-0.15, -0.1) is 0 Å². The van der Waals surface area contributed by atoms with E-state index in [0.29, 0.717) is 16.9 Å². The number of esters is 1. The molecule has 2 amide bonds. The summed E-state index contributed by atoms with van der Waals surface area (Å²) in [6, 6.07) is 11.9. The molecule has 0 spiro atoms. The summed E-state index contributed by atoms with van der Waals surface area (Å²) in [5.74, 6) is -0.474. The predicted octanol–water partition coefficient (Wildman–Crippen LogP) is 3.82. The number of hydrogen-bond acceptors (Lipinski definition) is 5. The second-order valence-corrected chi connectivity index (χ2v) is 5.06. The first-order valence-corrected chi connectivity index (χ1v) is 7.76. The average molecular weight is 355 g/mol. The van der Waals surface area contributed by atoms with Gasteiger partial charge < -0.3 is 15.4 Å². The zero-order valence-electron chi connectivity index (χ0n) is 14.0. The molecule has 2 aromatic rings. The molecule has 0 unspecified atom stereocenters. The van der Waals surface area contributed by atoms with Gasteiger partial charge >= 0.3 is 12.0 Å². The molecular weight excluding hydrogens is 338 g/mol. The summed E-state index contributed by atoms with van der Waals surface area (Å²) < 4.78 is 4.82. The number of nitrogens with zero attached hydrogens (tertiary/aromatic N) is 1. The Balaban J connectivity index is 2.04. The van der Waals surface area contributed by atoms with Gasteiger partial charge in [-0.25, -0.2) is 9.59 Å². The van der Waals surface area contributed by atoms with Gasteiger partial charge in [-0.1, -0.05) is 18.2 Å². The van der Waals surface area contributed by atoms with Crippen LogP contribution >= 0.6 is 0 Å². The SMILES string of the molecule is CCOC(=O)/C=C/c1ccccc1NC(=O)Nc1ccc([N+](=O)[O-])cc1. The molecule has 2 rings (SSSR count). The molecule has 0 aliphatic rings. The normalized spacial score (nSPS) is 10.3. The van der Waals surface area contributed by atoms with Crippen molar-refractivity contribution >= 4 is 35.1 Å². The lowest BCUT2D eigenvalue weighted by atomic mass is 10.1. The minimum atomic E-state index is -0.518. The highest BCUT2D eigenvalue weighted by molar-refractivity contribution is 6.01. The number of para-hydroxylation sites is 1. The van der Waals surface area contributed by atoms with Crippen LogP contribution in [0.4, 0.5) is 21.9 Å². The molecule has 0 fully saturated rings. The zero-order chi connectivity index (χ0) is 18.9. The molecule has 26 heavy (non-hydrogen) atoms. The van der Waals surface area contributed by atoms with Crippen LogP contribution in [0.2, 0.25) is 0 Å². The van der Waals surface area contributed by atoms with Crippen molar-refractivity contribution in [2.24, 2.45) is 0 Å². The van der Waals surface area contributed by atoms with Crippen molar-refractivity contribution in [1.29, 1.82) is 0 Å². The van der Waals surface area contributed by atoms with Gasteiger partial charge in [0, 0.05) is 29.6 Å². The average Bonchev–Trinajstić information content (AvgIpc) is 2.61. The molecule has 0 aliphatic heterocycles. The predicted molar refractivity (Wildman–Crippen MR) is 97.8 cm³/mol. The number of ether oxygens (including phenoxy) is 1. The maximum Gasteiger partial charge on any atom is 0.330 e. The number of urea groups is 1. The fourth-order valence-corrected chi connectivity index (χ4v) is 2.06. The molecule has 134 valence electrons. The van der Waals surface area contributed by atoms with Crippen LogP contribution in [0.5, 0.6) is 0 Å². The molecule has 0 atom stereocenters. The Bertz CT molecular complexity index is 831. The van der Waals surface area contributed by atoms with Gasteiger partial charge in [0.1, 0.15) is 0 Å². The van der Waals surface area contributed by atoms with Crippen molar-refractivity contribution in [1.82, 2.24) is 0 Å². The number of nitro benzene ring substituents is 1. The summed E-state index contributed by atoms with van der Waals surface area (Å²) in [6.07, 6.45) is 2.82. The topological polar surface area (TPSA) is 111 Å². The zero-order valence-corrected chi connectivity index (χ0v) is 14.0.